The third-order valence-electron chi connectivity index (χ3n) is 2.81. The normalized spacial score (nSPS) is 13.7. The van der Waals surface area contributed by atoms with Gasteiger partial charge in [-0.15, -0.1) is 0 Å². The summed E-state index contributed by atoms with van der Waals surface area (Å²) in [6.07, 6.45) is 2.34. The van der Waals surface area contributed by atoms with Crippen LogP contribution < -0.4 is 16.0 Å². The molecule has 1 aliphatic rings. The van der Waals surface area contributed by atoms with Crippen LogP contribution in [0.4, 0.5) is 10.5 Å². The van der Waals surface area contributed by atoms with Gasteiger partial charge < -0.3 is 16.0 Å². The summed E-state index contributed by atoms with van der Waals surface area (Å²) < 4.78 is 0. The number of halogens is 2. The minimum Gasteiger partial charge on any atom is -0.354 e. The number of carbonyl (C=O) groups excluding carboxylic acids is 2. The molecule has 1 saturated carbocycles. The van der Waals surface area contributed by atoms with Gasteiger partial charge in [-0.2, -0.15) is 0 Å². The Morgan fingerprint density at radius 3 is 2.35 bits per heavy atom. The highest BCUT2D eigenvalue weighted by Crippen LogP contribution is 2.27. The van der Waals surface area contributed by atoms with Crippen molar-refractivity contribution in [2.45, 2.75) is 12.8 Å². The fraction of sp³-hybridized carbons (Fsp3) is 0.385. The van der Waals surface area contributed by atoms with Gasteiger partial charge in [0.05, 0.1) is 6.54 Å². The van der Waals surface area contributed by atoms with Crippen molar-refractivity contribution in [3.63, 3.8) is 0 Å². The number of carbonyl (C=O) groups is 2. The number of benzene rings is 1. The molecule has 5 nitrogen and oxygen atoms in total. The molecular formula is C13H15Cl2N3O2. The van der Waals surface area contributed by atoms with Crippen LogP contribution in [0.15, 0.2) is 18.2 Å². The van der Waals surface area contributed by atoms with Crippen molar-refractivity contribution in [1.29, 1.82) is 0 Å². The number of nitrogens with one attached hydrogen (secondary N) is 3. The van der Waals surface area contributed by atoms with Crippen molar-refractivity contribution in [2.75, 3.05) is 18.4 Å². The minimum atomic E-state index is -0.482. The second-order valence-corrected chi connectivity index (χ2v) is 5.59. The molecule has 0 bridgehead atoms. The van der Waals surface area contributed by atoms with Gasteiger partial charge in [0.2, 0.25) is 5.91 Å². The molecular weight excluding hydrogens is 301 g/mol. The van der Waals surface area contributed by atoms with Crippen LogP contribution in [0.1, 0.15) is 12.8 Å². The van der Waals surface area contributed by atoms with Gasteiger partial charge in [-0.05, 0) is 37.0 Å². The quantitative estimate of drug-likeness (QED) is 0.781. The van der Waals surface area contributed by atoms with Gasteiger partial charge in [-0.3, -0.25) is 4.79 Å². The summed E-state index contributed by atoms with van der Waals surface area (Å²) in [5.41, 5.74) is 0.471. The van der Waals surface area contributed by atoms with E-state index in [0.29, 0.717) is 28.2 Å². The number of amides is 3. The Bertz CT molecular complexity index is 498. The number of urea groups is 1. The number of hydrogen-bond donors (Lipinski definition) is 3. The summed E-state index contributed by atoms with van der Waals surface area (Å²) >= 11 is 11.6. The van der Waals surface area contributed by atoms with Crippen molar-refractivity contribution in [1.82, 2.24) is 10.6 Å². The minimum absolute atomic E-state index is 0.0626. The molecule has 0 heterocycles. The summed E-state index contributed by atoms with van der Waals surface area (Å²) in [5, 5.41) is 8.63. The molecule has 108 valence electrons. The van der Waals surface area contributed by atoms with E-state index in [1.807, 2.05) is 0 Å². The average molecular weight is 316 g/mol. The Morgan fingerprint density at radius 1 is 1.10 bits per heavy atom. The van der Waals surface area contributed by atoms with Crippen LogP contribution in [-0.4, -0.2) is 25.0 Å². The van der Waals surface area contributed by atoms with Gasteiger partial charge >= 0.3 is 6.03 Å². The third-order valence-corrected chi connectivity index (χ3v) is 3.25. The summed E-state index contributed by atoms with van der Waals surface area (Å²) in [6, 6.07) is 4.22. The van der Waals surface area contributed by atoms with Crippen LogP contribution in [0.2, 0.25) is 10.0 Å². The van der Waals surface area contributed by atoms with E-state index < -0.39 is 6.03 Å². The van der Waals surface area contributed by atoms with Crippen LogP contribution in [0, 0.1) is 5.92 Å². The first-order valence-electron chi connectivity index (χ1n) is 6.30. The van der Waals surface area contributed by atoms with E-state index in [-0.39, 0.29) is 12.5 Å². The van der Waals surface area contributed by atoms with E-state index in [4.69, 9.17) is 23.2 Å². The smallest absolute Gasteiger partial charge is 0.319 e. The van der Waals surface area contributed by atoms with Crippen molar-refractivity contribution < 1.29 is 9.59 Å². The van der Waals surface area contributed by atoms with E-state index in [2.05, 4.69) is 16.0 Å². The molecule has 0 aliphatic heterocycles. The molecule has 0 aromatic heterocycles. The predicted molar refractivity (Wildman–Crippen MR) is 79.2 cm³/mol. The van der Waals surface area contributed by atoms with Crippen LogP contribution in [0.25, 0.3) is 0 Å². The van der Waals surface area contributed by atoms with Gasteiger partial charge in [-0.25, -0.2) is 4.79 Å². The maximum absolute atomic E-state index is 11.6. The van der Waals surface area contributed by atoms with Crippen molar-refractivity contribution >= 4 is 40.8 Å². The summed E-state index contributed by atoms with van der Waals surface area (Å²) in [4.78, 5) is 23.0. The lowest BCUT2D eigenvalue weighted by atomic mass is 10.3. The largest absolute Gasteiger partial charge is 0.354 e. The Balaban J connectivity index is 1.72. The maximum atomic E-state index is 11.6. The molecule has 0 radical (unpaired) electrons. The van der Waals surface area contributed by atoms with Crippen molar-refractivity contribution in [2.24, 2.45) is 5.92 Å². The number of rotatable bonds is 5. The lowest BCUT2D eigenvalue weighted by Crippen LogP contribution is -2.39. The molecule has 1 aliphatic carbocycles. The zero-order chi connectivity index (χ0) is 14.5. The monoisotopic (exact) mass is 315 g/mol. The third kappa shape index (κ3) is 5.27. The second kappa shape index (κ2) is 6.81. The topological polar surface area (TPSA) is 70.2 Å². The number of anilines is 1. The van der Waals surface area contributed by atoms with Gasteiger partial charge in [0, 0.05) is 22.3 Å². The molecule has 0 atom stereocenters. The maximum Gasteiger partial charge on any atom is 0.319 e. The Kier molecular flexibility index (Phi) is 5.09. The molecule has 1 aromatic carbocycles. The van der Waals surface area contributed by atoms with Gasteiger partial charge in [0.25, 0.3) is 0 Å². The molecule has 7 heteroatoms. The Labute approximate surface area is 127 Å². The van der Waals surface area contributed by atoms with E-state index in [9.17, 15) is 9.59 Å². The first-order chi connectivity index (χ1) is 9.52. The SMILES string of the molecule is O=C(CNC(=O)Nc1cc(Cl)cc(Cl)c1)NCC1CC1. The molecule has 3 amide bonds. The first kappa shape index (κ1) is 14.9. The van der Waals surface area contributed by atoms with Crippen LogP contribution >= 0.6 is 23.2 Å². The highest BCUT2D eigenvalue weighted by atomic mass is 35.5. The van der Waals surface area contributed by atoms with Gasteiger partial charge in [0.1, 0.15) is 0 Å². The fourth-order valence-electron chi connectivity index (χ4n) is 1.60. The van der Waals surface area contributed by atoms with E-state index in [1.54, 1.807) is 18.2 Å². The standard InChI is InChI=1S/C13H15Cl2N3O2/c14-9-3-10(15)5-11(4-9)18-13(20)17-7-12(19)16-6-8-1-2-8/h3-5,8H,1-2,6-7H2,(H,16,19)(H2,17,18,20). The lowest BCUT2D eigenvalue weighted by Gasteiger charge is -2.08. The predicted octanol–water partition coefficient (Wildman–Crippen LogP) is 2.64. The van der Waals surface area contributed by atoms with E-state index >= 15 is 0 Å². The van der Waals surface area contributed by atoms with E-state index in [1.165, 1.54) is 12.8 Å². The molecule has 1 fully saturated rings. The molecule has 0 spiro atoms. The number of hydrogen-bond acceptors (Lipinski definition) is 2. The zero-order valence-corrected chi connectivity index (χ0v) is 12.2. The summed E-state index contributed by atoms with van der Waals surface area (Å²) in [5.74, 6) is 0.414. The first-order valence-corrected chi connectivity index (χ1v) is 7.06. The molecule has 20 heavy (non-hydrogen) atoms. The molecule has 2 rings (SSSR count). The molecule has 1 aromatic rings. The van der Waals surface area contributed by atoms with E-state index in [0.717, 1.165) is 0 Å². The van der Waals surface area contributed by atoms with Gasteiger partial charge in [-0.1, -0.05) is 23.2 Å². The summed E-state index contributed by atoms with van der Waals surface area (Å²) in [6.45, 7) is 0.624. The van der Waals surface area contributed by atoms with Crippen molar-refractivity contribution in [3.8, 4) is 0 Å². The highest BCUT2D eigenvalue weighted by Gasteiger charge is 2.21. The lowest BCUT2D eigenvalue weighted by molar-refractivity contribution is -0.120. The summed E-state index contributed by atoms with van der Waals surface area (Å²) in [7, 11) is 0. The van der Waals surface area contributed by atoms with Gasteiger partial charge in [0.15, 0.2) is 0 Å². The zero-order valence-electron chi connectivity index (χ0n) is 10.7. The highest BCUT2D eigenvalue weighted by molar-refractivity contribution is 6.35. The Hall–Kier alpha value is -1.46. The fourth-order valence-corrected chi connectivity index (χ4v) is 2.13. The molecule has 3 N–H and O–H groups in total. The van der Waals surface area contributed by atoms with Crippen LogP contribution in [0.5, 0.6) is 0 Å². The van der Waals surface area contributed by atoms with Crippen LogP contribution in [-0.2, 0) is 4.79 Å². The Morgan fingerprint density at radius 2 is 1.75 bits per heavy atom. The molecule has 0 saturated heterocycles. The van der Waals surface area contributed by atoms with Crippen LogP contribution in [0.3, 0.4) is 0 Å². The molecule has 0 unspecified atom stereocenters. The second-order valence-electron chi connectivity index (χ2n) is 4.71. The average Bonchev–Trinajstić information content (AvgIpc) is 3.16. The van der Waals surface area contributed by atoms with Crippen molar-refractivity contribution in [3.05, 3.63) is 28.2 Å².